The van der Waals surface area contributed by atoms with Gasteiger partial charge < -0.3 is 10.6 Å². The van der Waals surface area contributed by atoms with E-state index in [4.69, 9.17) is 9.97 Å². The molecule has 3 heterocycles. The van der Waals surface area contributed by atoms with Crippen LogP contribution < -0.4 is 15.4 Å². The molecule has 10 nitrogen and oxygen atoms in total. The van der Waals surface area contributed by atoms with E-state index in [1.54, 1.807) is 30.5 Å². The van der Waals surface area contributed by atoms with Crippen LogP contribution in [0, 0.1) is 11.6 Å². The van der Waals surface area contributed by atoms with Gasteiger partial charge in [0.25, 0.3) is 5.91 Å². The van der Waals surface area contributed by atoms with E-state index in [0.717, 1.165) is 29.6 Å². The van der Waals surface area contributed by atoms with Gasteiger partial charge in [0.2, 0.25) is 16.0 Å². The highest BCUT2D eigenvalue weighted by Crippen LogP contribution is 2.33. The largest absolute Gasteiger partial charge is 0.324 e. The lowest BCUT2D eigenvalue weighted by molar-refractivity contribution is 0.101. The standard InChI is InChI=1S/C33H27F2N7O3S/c1-46(44,45)37-18-15-21-11-13-23(14-12-21)39-33-36-17-16-27(40-33)31-30(41-28-10-2-3-19-42(28)31)22-6-4-7-24(20-22)38-32(43)29-25(34)8-5-9-26(29)35/h2-14,16-17,19-20,37H,15,18H2,1H3,(H,38,43)(H,36,39,40). The van der Waals surface area contributed by atoms with Crippen LogP contribution in [0.3, 0.4) is 0 Å². The van der Waals surface area contributed by atoms with Crippen molar-refractivity contribution in [1.82, 2.24) is 24.1 Å². The van der Waals surface area contributed by atoms with Crippen molar-refractivity contribution < 1.29 is 22.0 Å². The van der Waals surface area contributed by atoms with Gasteiger partial charge in [-0.3, -0.25) is 9.20 Å². The van der Waals surface area contributed by atoms with Crippen LogP contribution in [0.5, 0.6) is 0 Å². The van der Waals surface area contributed by atoms with Gasteiger partial charge in [0.05, 0.1) is 23.3 Å². The molecule has 6 aromatic rings. The van der Waals surface area contributed by atoms with Gasteiger partial charge in [0, 0.05) is 35.9 Å². The average Bonchev–Trinajstić information content (AvgIpc) is 3.41. The Morgan fingerprint density at radius 3 is 2.39 bits per heavy atom. The van der Waals surface area contributed by atoms with E-state index >= 15 is 0 Å². The number of carbonyl (C=O) groups excluding carboxylic acids is 1. The Morgan fingerprint density at radius 2 is 1.63 bits per heavy atom. The fraction of sp³-hybridized carbons (Fsp3) is 0.0909. The van der Waals surface area contributed by atoms with Crippen LogP contribution in [0.2, 0.25) is 0 Å². The molecule has 3 aromatic carbocycles. The molecule has 6 rings (SSSR count). The molecule has 3 aromatic heterocycles. The summed E-state index contributed by atoms with van der Waals surface area (Å²) in [6.07, 6.45) is 5.16. The summed E-state index contributed by atoms with van der Waals surface area (Å²) in [5, 5.41) is 5.79. The van der Waals surface area contributed by atoms with Crippen LogP contribution in [-0.2, 0) is 16.4 Å². The zero-order valence-electron chi connectivity index (χ0n) is 24.4. The van der Waals surface area contributed by atoms with Crippen LogP contribution in [0.1, 0.15) is 15.9 Å². The number of halogens is 2. The number of hydrogen-bond acceptors (Lipinski definition) is 7. The number of aromatic nitrogens is 4. The first kappa shape index (κ1) is 30.5. The molecule has 0 saturated carbocycles. The predicted molar refractivity (Wildman–Crippen MR) is 172 cm³/mol. The second-order valence-corrected chi connectivity index (χ2v) is 12.2. The van der Waals surface area contributed by atoms with Gasteiger partial charge in [-0.25, -0.2) is 36.9 Å². The molecule has 0 fully saturated rings. The second kappa shape index (κ2) is 12.8. The Balaban J connectivity index is 1.28. The number of hydrogen-bond donors (Lipinski definition) is 3. The average molecular weight is 640 g/mol. The summed E-state index contributed by atoms with van der Waals surface area (Å²) in [4.78, 5) is 26.7. The summed E-state index contributed by atoms with van der Waals surface area (Å²) in [6, 6.07) is 24.9. The number of amides is 1. The van der Waals surface area contributed by atoms with Crippen LogP contribution in [0.4, 0.5) is 26.1 Å². The number of nitrogens with one attached hydrogen (secondary N) is 3. The quantitative estimate of drug-likeness (QED) is 0.172. The molecule has 0 saturated heterocycles. The molecular formula is C33H27F2N7O3S. The molecular weight excluding hydrogens is 612 g/mol. The molecule has 0 aliphatic carbocycles. The molecule has 232 valence electrons. The number of anilines is 3. The molecule has 1 amide bonds. The molecule has 0 atom stereocenters. The summed E-state index contributed by atoms with van der Waals surface area (Å²) >= 11 is 0. The van der Waals surface area contributed by atoms with Crippen LogP contribution >= 0.6 is 0 Å². The SMILES string of the molecule is CS(=O)(=O)NCCc1ccc(Nc2nccc(-c3c(-c4cccc(NC(=O)c5c(F)cccc5F)c4)nc4ccccn34)n2)cc1. The lowest BCUT2D eigenvalue weighted by Crippen LogP contribution is -2.24. The van der Waals surface area contributed by atoms with E-state index in [9.17, 15) is 22.0 Å². The molecule has 13 heteroatoms. The van der Waals surface area contributed by atoms with Crippen molar-refractivity contribution in [2.75, 3.05) is 23.4 Å². The van der Waals surface area contributed by atoms with Crippen molar-refractivity contribution >= 4 is 38.9 Å². The molecule has 0 unspecified atom stereocenters. The van der Waals surface area contributed by atoms with Crippen molar-refractivity contribution in [3.63, 3.8) is 0 Å². The maximum absolute atomic E-state index is 14.2. The molecule has 0 bridgehead atoms. The maximum Gasteiger partial charge on any atom is 0.261 e. The number of imidazole rings is 1. The highest BCUT2D eigenvalue weighted by molar-refractivity contribution is 7.88. The van der Waals surface area contributed by atoms with E-state index < -0.39 is 33.1 Å². The number of fused-ring (bicyclic) bond motifs is 1. The van der Waals surface area contributed by atoms with Gasteiger partial charge in [-0.2, -0.15) is 0 Å². The molecule has 0 aliphatic heterocycles. The molecule has 0 radical (unpaired) electrons. The van der Waals surface area contributed by atoms with Crippen LogP contribution in [0.15, 0.2) is 103 Å². The van der Waals surface area contributed by atoms with Gasteiger partial charge >= 0.3 is 0 Å². The third-order valence-electron chi connectivity index (χ3n) is 7.00. The highest BCUT2D eigenvalue weighted by atomic mass is 32.2. The molecule has 0 aliphatic rings. The fourth-order valence-electron chi connectivity index (χ4n) is 4.91. The minimum Gasteiger partial charge on any atom is -0.324 e. The van der Waals surface area contributed by atoms with Crippen LogP contribution in [-0.4, -0.2) is 46.5 Å². The first-order valence-corrected chi connectivity index (χ1v) is 16.0. The normalized spacial score (nSPS) is 11.5. The second-order valence-electron chi connectivity index (χ2n) is 10.4. The third-order valence-corrected chi connectivity index (χ3v) is 7.73. The summed E-state index contributed by atoms with van der Waals surface area (Å²) < 4.78 is 55.4. The Kier molecular flexibility index (Phi) is 8.51. The van der Waals surface area contributed by atoms with Gasteiger partial charge in [-0.05, 0) is 66.6 Å². The van der Waals surface area contributed by atoms with Crippen molar-refractivity contribution in [2.45, 2.75) is 6.42 Å². The van der Waals surface area contributed by atoms with Crippen molar-refractivity contribution in [3.8, 4) is 22.6 Å². The van der Waals surface area contributed by atoms with E-state index in [1.807, 2.05) is 59.1 Å². The maximum atomic E-state index is 14.2. The smallest absolute Gasteiger partial charge is 0.261 e. The first-order chi connectivity index (χ1) is 22.1. The minimum atomic E-state index is -3.25. The first-order valence-electron chi connectivity index (χ1n) is 14.1. The number of carbonyl (C=O) groups is 1. The zero-order chi connectivity index (χ0) is 32.3. The third kappa shape index (κ3) is 6.90. The van der Waals surface area contributed by atoms with E-state index in [1.165, 1.54) is 6.07 Å². The van der Waals surface area contributed by atoms with Crippen LogP contribution in [0.25, 0.3) is 28.3 Å². The number of rotatable bonds is 10. The van der Waals surface area contributed by atoms with Gasteiger partial charge in [-0.15, -0.1) is 0 Å². The Bertz CT molecular complexity index is 2150. The Hall–Kier alpha value is -5.53. The minimum absolute atomic E-state index is 0.303. The van der Waals surface area contributed by atoms with Gasteiger partial charge in [0.15, 0.2) is 0 Å². The monoisotopic (exact) mass is 639 g/mol. The zero-order valence-corrected chi connectivity index (χ0v) is 25.2. The number of nitrogens with zero attached hydrogens (tertiary/aromatic N) is 4. The lowest BCUT2D eigenvalue weighted by Gasteiger charge is -2.10. The molecule has 0 spiro atoms. The van der Waals surface area contributed by atoms with Gasteiger partial charge in [0.1, 0.15) is 22.8 Å². The summed E-state index contributed by atoms with van der Waals surface area (Å²) in [5.41, 5.74) is 4.46. The number of benzene rings is 3. The van der Waals surface area contributed by atoms with E-state index in [2.05, 4.69) is 20.3 Å². The Morgan fingerprint density at radius 1 is 0.870 bits per heavy atom. The fourth-order valence-corrected chi connectivity index (χ4v) is 5.38. The topological polar surface area (TPSA) is 130 Å². The summed E-state index contributed by atoms with van der Waals surface area (Å²) in [7, 11) is -3.25. The van der Waals surface area contributed by atoms with Crippen molar-refractivity contribution in [2.24, 2.45) is 0 Å². The number of sulfonamides is 1. The predicted octanol–water partition coefficient (Wildman–Crippen LogP) is 5.82. The Labute approximate surface area is 263 Å². The van der Waals surface area contributed by atoms with Gasteiger partial charge in [-0.1, -0.05) is 36.4 Å². The molecule has 3 N–H and O–H groups in total. The van der Waals surface area contributed by atoms with E-state index in [0.29, 0.717) is 52.9 Å². The van der Waals surface area contributed by atoms with Crippen molar-refractivity contribution in [1.29, 1.82) is 0 Å². The summed E-state index contributed by atoms with van der Waals surface area (Å²) in [6.45, 7) is 0.303. The highest BCUT2D eigenvalue weighted by Gasteiger charge is 2.20. The summed E-state index contributed by atoms with van der Waals surface area (Å²) in [5.74, 6) is -2.48. The molecule has 46 heavy (non-hydrogen) atoms. The van der Waals surface area contributed by atoms with E-state index in [-0.39, 0.29) is 0 Å². The van der Waals surface area contributed by atoms with Crippen molar-refractivity contribution in [3.05, 3.63) is 126 Å². The number of pyridine rings is 1. The lowest BCUT2D eigenvalue weighted by atomic mass is 10.1.